The lowest BCUT2D eigenvalue weighted by Gasteiger charge is -2.27. The minimum absolute atomic E-state index is 0.317. The lowest BCUT2D eigenvalue weighted by Crippen LogP contribution is -2.32. The van der Waals surface area contributed by atoms with Gasteiger partial charge in [0.05, 0.1) is 7.11 Å². The monoisotopic (exact) mass is 207 g/mol. The minimum Gasteiger partial charge on any atom is -0.496 e. The first-order valence-corrected chi connectivity index (χ1v) is 5.37. The molecule has 0 amide bonds. The molecule has 1 aromatic carbocycles. The average Bonchev–Trinajstić information content (AvgIpc) is 2.16. The summed E-state index contributed by atoms with van der Waals surface area (Å²) in [6.45, 7) is 8.28. The van der Waals surface area contributed by atoms with Crippen molar-refractivity contribution < 1.29 is 4.74 Å². The quantitative estimate of drug-likeness (QED) is 0.827. The average molecular weight is 207 g/mol. The zero-order valence-corrected chi connectivity index (χ0v) is 10.3. The zero-order valence-electron chi connectivity index (χ0n) is 10.3. The summed E-state index contributed by atoms with van der Waals surface area (Å²) in [5, 5.41) is 0. The molecule has 1 atom stereocenters. The van der Waals surface area contributed by atoms with Gasteiger partial charge in [0.2, 0.25) is 0 Å². The molecule has 2 N–H and O–H groups in total. The molecule has 1 unspecified atom stereocenters. The van der Waals surface area contributed by atoms with Gasteiger partial charge in [0, 0.05) is 11.1 Å². The highest BCUT2D eigenvalue weighted by atomic mass is 16.5. The van der Waals surface area contributed by atoms with E-state index in [1.165, 1.54) is 5.56 Å². The molecule has 0 spiro atoms. The molecule has 1 aromatic rings. The standard InChI is InChI=1S/C13H21NO/c1-6-13(4,14)11-8-9(2)7-10(3)12(11)15-5/h7-8H,6,14H2,1-5H3. The Morgan fingerprint density at radius 1 is 1.33 bits per heavy atom. The lowest BCUT2D eigenvalue weighted by atomic mass is 9.87. The molecule has 0 fully saturated rings. The molecule has 0 aromatic heterocycles. The largest absolute Gasteiger partial charge is 0.496 e. The van der Waals surface area contributed by atoms with E-state index in [0.29, 0.717) is 0 Å². The van der Waals surface area contributed by atoms with Gasteiger partial charge in [0.25, 0.3) is 0 Å². The van der Waals surface area contributed by atoms with Crippen molar-refractivity contribution in [3.05, 3.63) is 28.8 Å². The van der Waals surface area contributed by atoms with E-state index in [0.717, 1.165) is 23.3 Å². The summed E-state index contributed by atoms with van der Waals surface area (Å²) in [7, 11) is 1.70. The van der Waals surface area contributed by atoms with Crippen LogP contribution in [0.5, 0.6) is 5.75 Å². The van der Waals surface area contributed by atoms with Crippen LogP contribution in [-0.4, -0.2) is 7.11 Å². The summed E-state index contributed by atoms with van der Waals surface area (Å²) in [4.78, 5) is 0. The lowest BCUT2D eigenvalue weighted by molar-refractivity contribution is 0.380. The van der Waals surface area contributed by atoms with E-state index in [4.69, 9.17) is 10.5 Å². The van der Waals surface area contributed by atoms with Crippen LogP contribution in [0.3, 0.4) is 0 Å². The number of aryl methyl sites for hydroxylation is 2. The van der Waals surface area contributed by atoms with Crippen LogP contribution >= 0.6 is 0 Å². The van der Waals surface area contributed by atoms with Gasteiger partial charge in [0.15, 0.2) is 0 Å². The van der Waals surface area contributed by atoms with Gasteiger partial charge in [-0.2, -0.15) is 0 Å². The van der Waals surface area contributed by atoms with Crippen molar-refractivity contribution in [1.82, 2.24) is 0 Å². The van der Waals surface area contributed by atoms with Crippen LogP contribution in [0.25, 0.3) is 0 Å². The van der Waals surface area contributed by atoms with Crippen LogP contribution in [0, 0.1) is 13.8 Å². The van der Waals surface area contributed by atoms with E-state index in [-0.39, 0.29) is 5.54 Å². The van der Waals surface area contributed by atoms with E-state index in [1.807, 2.05) is 6.92 Å². The van der Waals surface area contributed by atoms with Gasteiger partial charge < -0.3 is 10.5 Å². The number of ether oxygens (including phenoxy) is 1. The number of methoxy groups -OCH3 is 1. The number of hydrogen-bond donors (Lipinski definition) is 1. The highest BCUT2D eigenvalue weighted by molar-refractivity contribution is 5.47. The molecule has 0 saturated heterocycles. The summed E-state index contributed by atoms with van der Waals surface area (Å²) < 4.78 is 5.44. The maximum absolute atomic E-state index is 6.27. The van der Waals surface area contributed by atoms with Crippen molar-refractivity contribution in [2.75, 3.05) is 7.11 Å². The predicted octanol–water partition coefficient (Wildman–Crippen LogP) is 2.90. The Labute approximate surface area is 92.4 Å². The Bertz CT molecular complexity index is 356. The van der Waals surface area contributed by atoms with Gasteiger partial charge >= 0.3 is 0 Å². The van der Waals surface area contributed by atoms with Gasteiger partial charge in [-0.25, -0.2) is 0 Å². The summed E-state index contributed by atoms with van der Waals surface area (Å²) in [6, 6.07) is 4.24. The van der Waals surface area contributed by atoms with E-state index < -0.39 is 0 Å². The van der Waals surface area contributed by atoms with Crippen LogP contribution in [0.4, 0.5) is 0 Å². The van der Waals surface area contributed by atoms with Gasteiger partial charge in [-0.05, 0) is 32.8 Å². The molecule has 15 heavy (non-hydrogen) atoms. The van der Waals surface area contributed by atoms with Crippen molar-refractivity contribution in [1.29, 1.82) is 0 Å². The Morgan fingerprint density at radius 2 is 1.93 bits per heavy atom. The normalized spacial score (nSPS) is 14.8. The minimum atomic E-state index is -0.317. The number of nitrogens with two attached hydrogens (primary N) is 1. The van der Waals surface area contributed by atoms with Crippen molar-refractivity contribution in [2.45, 2.75) is 39.7 Å². The van der Waals surface area contributed by atoms with Crippen LogP contribution in [0.1, 0.15) is 37.0 Å². The smallest absolute Gasteiger partial charge is 0.126 e. The Balaban J connectivity index is 3.39. The molecule has 0 aliphatic rings. The number of rotatable bonds is 3. The summed E-state index contributed by atoms with van der Waals surface area (Å²) in [5.74, 6) is 0.924. The van der Waals surface area contributed by atoms with Crippen LogP contribution in [0.15, 0.2) is 12.1 Å². The molecule has 0 aliphatic heterocycles. The summed E-state index contributed by atoms with van der Waals surface area (Å²) in [5.41, 5.74) is 9.44. The molecule has 84 valence electrons. The fourth-order valence-electron chi connectivity index (χ4n) is 1.84. The maximum Gasteiger partial charge on any atom is 0.126 e. The Kier molecular flexibility index (Phi) is 3.40. The zero-order chi connectivity index (χ0) is 11.6. The maximum atomic E-state index is 6.27. The van der Waals surface area contributed by atoms with E-state index in [1.54, 1.807) is 7.11 Å². The van der Waals surface area contributed by atoms with Crippen molar-refractivity contribution >= 4 is 0 Å². The second kappa shape index (κ2) is 4.23. The van der Waals surface area contributed by atoms with E-state index in [9.17, 15) is 0 Å². The highest BCUT2D eigenvalue weighted by Gasteiger charge is 2.24. The van der Waals surface area contributed by atoms with Crippen molar-refractivity contribution in [2.24, 2.45) is 5.73 Å². The van der Waals surface area contributed by atoms with Gasteiger partial charge in [-0.3, -0.25) is 0 Å². The SMILES string of the molecule is CCC(C)(N)c1cc(C)cc(C)c1OC. The molecular weight excluding hydrogens is 186 g/mol. The number of benzene rings is 1. The van der Waals surface area contributed by atoms with Gasteiger partial charge in [-0.15, -0.1) is 0 Å². The fourth-order valence-corrected chi connectivity index (χ4v) is 1.84. The molecule has 0 aliphatic carbocycles. The van der Waals surface area contributed by atoms with E-state index in [2.05, 4.69) is 32.9 Å². The molecule has 0 saturated carbocycles. The van der Waals surface area contributed by atoms with Crippen LogP contribution < -0.4 is 10.5 Å². The second-order valence-electron chi connectivity index (χ2n) is 4.43. The fraction of sp³-hybridized carbons (Fsp3) is 0.538. The third-order valence-corrected chi connectivity index (χ3v) is 2.97. The third-order valence-electron chi connectivity index (χ3n) is 2.97. The molecular formula is C13H21NO. The van der Waals surface area contributed by atoms with Gasteiger partial charge in [0.1, 0.15) is 5.75 Å². The van der Waals surface area contributed by atoms with Crippen LogP contribution in [0.2, 0.25) is 0 Å². The molecule has 1 rings (SSSR count). The van der Waals surface area contributed by atoms with Crippen molar-refractivity contribution in [3.8, 4) is 5.75 Å². The highest BCUT2D eigenvalue weighted by Crippen LogP contribution is 2.33. The topological polar surface area (TPSA) is 35.2 Å². The Hall–Kier alpha value is -1.02. The predicted molar refractivity (Wildman–Crippen MR) is 64.3 cm³/mol. The van der Waals surface area contributed by atoms with Crippen LogP contribution in [-0.2, 0) is 5.54 Å². The summed E-state index contributed by atoms with van der Waals surface area (Å²) >= 11 is 0. The summed E-state index contributed by atoms with van der Waals surface area (Å²) in [6.07, 6.45) is 0.895. The second-order valence-corrected chi connectivity index (χ2v) is 4.43. The first-order chi connectivity index (χ1) is 6.92. The van der Waals surface area contributed by atoms with E-state index >= 15 is 0 Å². The first kappa shape index (κ1) is 12.1. The Morgan fingerprint density at radius 3 is 2.40 bits per heavy atom. The van der Waals surface area contributed by atoms with Gasteiger partial charge in [-0.1, -0.05) is 24.6 Å². The molecule has 2 heteroatoms. The molecule has 0 heterocycles. The molecule has 0 bridgehead atoms. The first-order valence-electron chi connectivity index (χ1n) is 5.37. The number of hydrogen-bond acceptors (Lipinski definition) is 2. The third kappa shape index (κ3) is 2.32. The van der Waals surface area contributed by atoms with Crippen molar-refractivity contribution in [3.63, 3.8) is 0 Å². The molecule has 0 radical (unpaired) electrons. The molecule has 2 nitrogen and oxygen atoms in total.